The van der Waals surface area contributed by atoms with E-state index in [1.54, 1.807) is 12.4 Å². The van der Waals surface area contributed by atoms with E-state index in [4.69, 9.17) is 4.98 Å². The first-order valence-electron chi connectivity index (χ1n) is 7.86. The number of carbonyl (C=O) groups excluding carboxylic acids is 1. The molecular weight excluding hydrogens is 288 g/mol. The van der Waals surface area contributed by atoms with Crippen molar-refractivity contribution in [3.63, 3.8) is 0 Å². The highest BCUT2D eigenvalue weighted by Crippen LogP contribution is 2.40. The molecule has 23 heavy (non-hydrogen) atoms. The van der Waals surface area contributed by atoms with Crippen molar-refractivity contribution in [2.75, 3.05) is 0 Å². The molecule has 1 amide bonds. The number of imidazole rings is 1. The summed E-state index contributed by atoms with van der Waals surface area (Å²) in [5.74, 6) is 1.64. The van der Waals surface area contributed by atoms with Crippen LogP contribution in [0.2, 0.25) is 0 Å². The molecule has 1 aliphatic carbocycles. The standard InChI is InChI=1S/C18H18N4O/c1-22-16-7-6-14(9-15(16)21-17(22)13-4-5-13)18(23)20-11-12-3-2-8-19-10-12/h2-3,6-10,13H,4-5,11H2,1H3,(H,20,23). The zero-order chi connectivity index (χ0) is 15.8. The van der Waals surface area contributed by atoms with Crippen LogP contribution in [-0.4, -0.2) is 20.4 Å². The van der Waals surface area contributed by atoms with Crippen LogP contribution < -0.4 is 5.32 Å². The molecule has 0 aliphatic heterocycles. The van der Waals surface area contributed by atoms with Gasteiger partial charge in [0.25, 0.3) is 5.91 Å². The Morgan fingerprint density at radius 3 is 2.96 bits per heavy atom. The lowest BCUT2D eigenvalue weighted by Gasteiger charge is -2.05. The molecule has 116 valence electrons. The van der Waals surface area contributed by atoms with Crippen molar-refractivity contribution in [2.45, 2.75) is 25.3 Å². The van der Waals surface area contributed by atoms with E-state index in [1.165, 1.54) is 12.8 Å². The normalized spacial score (nSPS) is 14.1. The van der Waals surface area contributed by atoms with E-state index >= 15 is 0 Å². The third kappa shape index (κ3) is 2.70. The highest BCUT2D eigenvalue weighted by atomic mass is 16.1. The Hall–Kier alpha value is -2.69. The fourth-order valence-electron chi connectivity index (χ4n) is 2.85. The number of aryl methyl sites for hydroxylation is 1. The molecule has 2 heterocycles. The topological polar surface area (TPSA) is 59.8 Å². The first kappa shape index (κ1) is 13.9. The van der Waals surface area contributed by atoms with E-state index in [0.717, 1.165) is 22.4 Å². The van der Waals surface area contributed by atoms with Gasteiger partial charge in [-0.05, 0) is 42.7 Å². The molecule has 1 aromatic carbocycles. The van der Waals surface area contributed by atoms with Crippen LogP contribution in [-0.2, 0) is 13.6 Å². The van der Waals surface area contributed by atoms with Crippen molar-refractivity contribution in [3.05, 3.63) is 59.7 Å². The summed E-state index contributed by atoms with van der Waals surface area (Å²) < 4.78 is 2.14. The number of carbonyl (C=O) groups is 1. The molecular formula is C18H18N4O. The van der Waals surface area contributed by atoms with Gasteiger partial charge < -0.3 is 9.88 Å². The first-order valence-corrected chi connectivity index (χ1v) is 7.86. The molecule has 0 unspecified atom stereocenters. The molecule has 3 aromatic rings. The number of benzene rings is 1. The van der Waals surface area contributed by atoms with Crippen molar-refractivity contribution in [1.82, 2.24) is 19.9 Å². The summed E-state index contributed by atoms with van der Waals surface area (Å²) in [5.41, 5.74) is 3.59. The molecule has 0 radical (unpaired) electrons. The summed E-state index contributed by atoms with van der Waals surface area (Å²) in [6, 6.07) is 9.52. The summed E-state index contributed by atoms with van der Waals surface area (Å²) in [6.45, 7) is 0.472. The molecule has 5 nitrogen and oxygen atoms in total. The van der Waals surface area contributed by atoms with Gasteiger partial charge in [0.2, 0.25) is 0 Å². The van der Waals surface area contributed by atoms with E-state index in [2.05, 4.69) is 14.9 Å². The number of nitrogens with zero attached hydrogens (tertiary/aromatic N) is 3. The van der Waals surface area contributed by atoms with E-state index in [-0.39, 0.29) is 5.91 Å². The van der Waals surface area contributed by atoms with E-state index in [9.17, 15) is 4.79 Å². The Morgan fingerprint density at radius 2 is 2.22 bits per heavy atom. The van der Waals surface area contributed by atoms with Crippen LogP contribution in [0, 0.1) is 0 Å². The van der Waals surface area contributed by atoms with Crippen molar-refractivity contribution in [2.24, 2.45) is 7.05 Å². The van der Waals surface area contributed by atoms with Crippen LogP contribution in [0.15, 0.2) is 42.7 Å². The quantitative estimate of drug-likeness (QED) is 0.806. The van der Waals surface area contributed by atoms with Gasteiger partial charge in [0, 0.05) is 37.5 Å². The highest BCUT2D eigenvalue weighted by Gasteiger charge is 2.28. The maximum absolute atomic E-state index is 12.3. The number of aromatic nitrogens is 3. The fourth-order valence-corrected chi connectivity index (χ4v) is 2.85. The lowest BCUT2D eigenvalue weighted by molar-refractivity contribution is 0.0951. The van der Waals surface area contributed by atoms with Crippen LogP contribution in [0.5, 0.6) is 0 Å². The second-order valence-corrected chi connectivity index (χ2v) is 6.05. The van der Waals surface area contributed by atoms with Gasteiger partial charge in [-0.15, -0.1) is 0 Å². The van der Waals surface area contributed by atoms with Crippen LogP contribution in [0.3, 0.4) is 0 Å². The van der Waals surface area contributed by atoms with Crippen LogP contribution in [0.25, 0.3) is 11.0 Å². The molecule has 0 saturated heterocycles. The summed E-state index contributed by atoms with van der Waals surface area (Å²) in [7, 11) is 2.05. The van der Waals surface area contributed by atoms with Gasteiger partial charge in [0.15, 0.2) is 0 Å². The third-order valence-electron chi connectivity index (χ3n) is 4.30. The third-order valence-corrected chi connectivity index (χ3v) is 4.30. The smallest absolute Gasteiger partial charge is 0.251 e. The van der Waals surface area contributed by atoms with Crippen LogP contribution in [0.1, 0.15) is 40.5 Å². The molecule has 1 aliphatic rings. The number of rotatable bonds is 4. The molecule has 4 rings (SSSR count). The number of fused-ring (bicyclic) bond motifs is 1. The van der Waals surface area contributed by atoms with Gasteiger partial charge in [-0.25, -0.2) is 4.98 Å². The second-order valence-electron chi connectivity index (χ2n) is 6.05. The molecule has 2 aromatic heterocycles. The van der Waals surface area contributed by atoms with Gasteiger partial charge >= 0.3 is 0 Å². The van der Waals surface area contributed by atoms with Gasteiger partial charge in [0.05, 0.1) is 11.0 Å². The maximum atomic E-state index is 12.3. The Morgan fingerprint density at radius 1 is 1.35 bits per heavy atom. The molecule has 1 N–H and O–H groups in total. The average Bonchev–Trinajstić information content (AvgIpc) is 3.38. The lowest BCUT2D eigenvalue weighted by Crippen LogP contribution is -2.22. The SMILES string of the molecule is Cn1c(C2CC2)nc2cc(C(=O)NCc3cccnc3)ccc21. The predicted octanol–water partition coefficient (Wildman–Crippen LogP) is 2.78. The molecule has 0 spiro atoms. The Kier molecular flexibility index (Phi) is 3.33. The van der Waals surface area contributed by atoms with Crippen LogP contribution in [0.4, 0.5) is 0 Å². The average molecular weight is 306 g/mol. The zero-order valence-corrected chi connectivity index (χ0v) is 13.0. The number of pyridine rings is 1. The van der Waals surface area contributed by atoms with Gasteiger partial charge in [0.1, 0.15) is 5.82 Å². The van der Waals surface area contributed by atoms with Gasteiger partial charge in [-0.3, -0.25) is 9.78 Å². The predicted molar refractivity (Wildman–Crippen MR) is 88.1 cm³/mol. The Bertz CT molecular complexity index is 865. The minimum atomic E-state index is -0.0885. The Balaban J connectivity index is 1.55. The number of hydrogen-bond acceptors (Lipinski definition) is 3. The van der Waals surface area contributed by atoms with Crippen LogP contribution >= 0.6 is 0 Å². The largest absolute Gasteiger partial charge is 0.348 e. The molecule has 5 heteroatoms. The summed E-state index contributed by atoms with van der Waals surface area (Å²) in [4.78, 5) is 21.1. The molecule has 1 saturated carbocycles. The van der Waals surface area contributed by atoms with Crippen molar-refractivity contribution in [1.29, 1.82) is 0 Å². The summed E-state index contributed by atoms with van der Waals surface area (Å²) >= 11 is 0. The van der Waals surface area contributed by atoms with E-state index in [0.29, 0.717) is 18.0 Å². The highest BCUT2D eigenvalue weighted by molar-refractivity contribution is 5.97. The maximum Gasteiger partial charge on any atom is 0.251 e. The first-order chi connectivity index (χ1) is 11.2. The van der Waals surface area contributed by atoms with Crippen molar-refractivity contribution < 1.29 is 4.79 Å². The molecule has 0 bridgehead atoms. The minimum absolute atomic E-state index is 0.0885. The van der Waals surface area contributed by atoms with Gasteiger partial charge in [-0.2, -0.15) is 0 Å². The molecule has 1 fully saturated rings. The zero-order valence-electron chi connectivity index (χ0n) is 13.0. The Labute approximate surface area is 134 Å². The van der Waals surface area contributed by atoms with Crippen molar-refractivity contribution in [3.8, 4) is 0 Å². The van der Waals surface area contributed by atoms with E-state index < -0.39 is 0 Å². The fraction of sp³-hybridized carbons (Fsp3) is 0.278. The summed E-state index contributed by atoms with van der Waals surface area (Å²) in [5, 5.41) is 2.92. The monoisotopic (exact) mass is 306 g/mol. The second kappa shape index (κ2) is 5.50. The summed E-state index contributed by atoms with van der Waals surface area (Å²) in [6.07, 6.45) is 5.91. The lowest BCUT2D eigenvalue weighted by atomic mass is 10.2. The van der Waals surface area contributed by atoms with Crippen molar-refractivity contribution >= 4 is 16.9 Å². The number of nitrogens with one attached hydrogen (secondary N) is 1. The number of amides is 1. The van der Waals surface area contributed by atoms with Gasteiger partial charge in [-0.1, -0.05) is 6.07 Å². The molecule has 0 atom stereocenters. The van der Waals surface area contributed by atoms with E-state index in [1.807, 2.05) is 37.4 Å². The number of hydrogen-bond donors (Lipinski definition) is 1. The minimum Gasteiger partial charge on any atom is -0.348 e.